The number of carbonyl (C=O) groups excluding carboxylic acids is 2. The number of likely N-dealkylation sites (tertiary alicyclic amines) is 1. The summed E-state index contributed by atoms with van der Waals surface area (Å²) in [6.45, 7) is 6.46. The van der Waals surface area contributed by atoms with Crippen LogP contribution in [0.2, 0.25) is 0 Å². The van der Waals surface area contributed by atoms with Crippen molar-refractivity contribution < 1.29 is 14.3 Å². The summed E-state index contributed by atoms with van der Waals surface area (Å²) in [5.74, 6) is 0.553. The van der Waals surface area contributed by atoms with Crippen molar-refractivity contribution in [2.45, 2.75) is 38.3 Å². The van der Waals surface area contributed by atoms with E-state index in [1.807, 2.05) is 12.1 Å². The summed E-state index contributed by atoms with van der Waals surface area (Å²) in [7, 11) is 0. The summed E-state index contributed by atoms with van der Waals surface area (Å²) < 4.78 is 6.45. The van der Waals surface area contributed by atoms with Gasteiger partial charge in [-0.1, -0.05) is 24.3 Å². The fraction of sp³-hybridized carbons (Fsp3) is 0.474. The van der Waals surface area contributed by atoms with Crippen molar-refractivity contribution in [2.24, 2.45) is 0 Å². The monoisotopic (exact) mass is 343 g/mol. The van der Waals surface area contributed by atoms with Crippen LogP contribution in [-0.4, -0.2) is 47.0 Å². The third-order valence-electron chi connectivity index (χ3n) is 5.27. The first-order valence-electron chi connectivity index (χ1n) is 8.49. The van der Waals surface area contributed by atoms with E-state index in [0.29, 0.717) is 22.3 Å². The molecule has 24 heavy (non-hydrogen) atoms. The van der Waals surface area contributed by atoms with Crippen molar-refractivity contribution in [1.29, 1.82) is 0 Å². The van der Waals surface area contributed by atoms with Crippen molar-refractivity contribution in [1.82, 2.24) is 4.90 Å². The Morgan fingerprint density at radius 3 is 2.42 bits per heavy atom. The highest BCUT2D eigenvalue weighted by Gasteiger charge is 2.46. The Hall–Kier alpha value is -1.59. The number of benzene rings is 1. The lowest BCUT2D eigenvalue weighted by molar-refractivity contribution is -0.111. The third-order valence-corrected chi connectivity index (χ3v) is 6.60. The van der Waals surface area contributed by atoms with Crippen molar-refractivity contribution in [2.75, 3.05) is 18.8 Å². The molecule has 0 saturated carbocycles. The fourth-order valence-corrected chi connectivity index (χ4v) is 4.97. The molecule has 1 fully saturated rings. The van der Waals surface area contributed by atoms with Crippen LogP contribution in [0.15, 0.2) is 29.2 Å². The van der Waals surface area contributed by atoms with Crippen LogP contribution in [-0.2, 0) is 9.53 Å². The molecular formula is C19H21NO3S. The van der Waals surface area contributed by atoms with Gasteiger partial charge >= 0.3 is 0 Å². The van der Waals surface area contributed by atoms with Gasteiger partial charge in [-0.3, -0.25) is 9.59 Å². The Balaban J connectivity index is 1.67. The summed E-state index contributed by atoms with van der Waals surface area (Å²) in [6, 6.07) is 7.84. The molecule has 0 unspecified atom stereocenters. The highest BCUT2D eigenvalue weighted by atomic mass is 32.2. The van der Waals surface area contributed by atoms with Gasteiger partial charge in [0.2, 0.25) is 11.6 Å². The average molecular weight is 343 g/mol. The number of allylic oxidation sites excluding steroid dienone is 1. The molecule has 1 aromatic rings. The number of hydrogen-bond acceptors (Lipinski definition) is 5. The zero-order valence-electron chi connectivity index (χ0n) is 14.0. The number of fused-ring (bicyclic) bond motifs is 2. The molecule has 1 aromatic carbocycles. The summed E-state index contributed by atoms with van der Waals surface area (Å²) in [6.07, 6.45) is 1.92. The summed E-state index contributed by atoms with van der Waals surface area (Å²) in [5, 5.41) is 0. The van der Waals surface area contributed by atoms with Gasteiger partial charge in [-0.05, 0) is 13.8 Å². The number of carbonyl (C=O) groups is 2. The Morgan fingerprint density at radius 2 is 1.75 bits per heavy atom. The number of ketones is 2. The molecular weight excluding hydrogens is 322 g/mol. The average Bonchev–Trinajstić information content (AvgIpc) is 2.60. The van der Waals surface area contributed by atoms with E-state index in [2.05, 4.69) is 18.7 Å². The van der Waals surface area contributed by atoms with Crippen LogP contribution in [0.1, 0.15) is 42.6 Å². The van der Waals surface area contributed by atoms with Gasteiger partial charge in [0.15, 0.2) is 0 Å². The lowest BCUT2D eigenvalue weighted by Gasteiger charge is -2.46. The largest absolute Gasteiger partial charge is 0.484 e. The van der Waals surface area contributed by atoms with E-state index in [4.69, 9.17) is 4.74 Å². The second-order valence-electron chi connectivity index (χ2n) is 7.07. The lowest BCUT2D eigenvalue weighted by Crippen LogP contribution is -2.51. The predicted octanol–water partition coefficient (Wildman–Crippen LogP) is 3.13. The van der Waals surface area contributed by atoms with E-state index >= 15 is 0 Å². The minimum absolute atomic E-state index is 0.220. The van der Waals surface area contributed by atoms with Crippen LogP contribution in [0.25, 0.3) is 5.76 Å². The van der Waals surface area contributed by atoms with E-state index in [1.54, 1.807) is 12.1 Å². The molecule has 1 aliphatic carbocycles. The van der Waals surface area contributed by atoms with Crippen LogP contribution in [0.3, 0.4) is 0 Å². The molecule has 126 valence electrons. The Kier molecular flexibility index (Phi) is 3.81. The molecule has 4 nitrogen and oxygen atoms in total. The molecule has 0 N–H and O–H groups in total. The van der Waals surface area contributed by atoms with Crippen molar-refractivity contribution >= 4 is 29.1 Å². The van der Waals surface area contributed by atoms with Crippen LogP contribution in [0.5, 0.6) is 0 Å². The zero-order chi connectivity index (χ0) is 16.9. The quantitative estimate of drug-likeness (QED) is 0.733. The van der Waals surface area contributed by atoms with Crippen LogP contribution >= 0.6 is 11.8 Å². The number of nitrogens with zero attached hydrogens (tertiary/aromatic N) is 1. The maximum absolute atomic E-state index is 12.4. The Labute approximate surface area is 146 Å². The van der Waals surface area contributed by atoms with E-state index in [9.17, 15) is 9.59 Å². The highest BCUT2D eigenvalue weighted by molar-refractivity contribution is 8.04. The summed E-state index contributed by atoms with van der Waals surface area (Å²) >= 11 is 1.50. The molecule has 4 rings (SSSR count). The maximum atomic E-state index is 12.4. The number of hydrogen-bond donors (Lipinski definition) is 0. The minimum Gasteiger partial charge on any atom is -0.484 e. The van der Waals surface area contributed by atoms with Gasteiger partial charge in [-0.15, -0.1) is 11.8 Å². The Morgan fingerprint density at radius 1 is 1.08 bits per heavy atom. The predicted molar refractivity (Wildman–Crippen MR) is 94.9 cm³/mol. The van der Waals surface area contributed by atoms with Gasteiger partial charge in [0.1, 0.15) is 16.3 Å². The number of Topliss-reactive ketones (excluding diaryl/α,β-unsaturated/α-hetero) is 2. The molecule has 5 heteroatoms. The second kappa shape index (κ2) is 5.74. The van der Waals surface area contributed by atoms with Gasteiger partial charge < -0.3 is 9.64 Å². The number of piperidine rings is 1. The number of thioether (sulfide) groups is 1. The van der Waals surface area contributed by atoms with E-state index in [-0.39, 0.29) is 5.60 Å². The first-order chi connectivity index (χ1) is 11.5. The summed E-state index contributed by atoms with van der Waals surface area (Å²) in [4.78, 5) is 27.7. The molecule has 0 atom stereocenters. The molecule has 0 bridgehead atoms. The molecule has 2 heterocycles. The summed E-state index contributed by atoms with van der Waals surface area (Å²) in [5.41, 5.74) is 1.02. The van der Waals surface area contributed by atoms with Gasteiger partial charge in [0.25, 0.3) is 0 Å². The smallest absolute Gasteiger partial charge is 0.243 e. The van der Waals surface area contributed by atoms with Gasteiger partial charge in [0, 0.05) is 48.9 Å². The van der Waals surface area contributed by atoms with E-state index in [1.165, 1.54) is 11.8 Å². The standard InChI is InChI=1S/C19H21NO3S/c1-12(2)20-9-7-19(8-10-20)11-24-18-16(22)15(21)13-5-3-4-6-14(13)17(18)23-19/h3-6,12H,7-11H2,1-2H3. The van der Waals surface area contributed by atoms with Crippen LogP contribution in [0.4, 0.5) is 0 Å². The molecule has 1 saturated heterocycles. The highest BCUT2D eigenvalue weighted by Crippen LogP contribution is 2.47. The Bertz CT molecular complexity index is 745. The van der Waals surface area contributed by atoms with E-state index in [0.717, 1.165) is 37.2 Å². The molecule has 0 amide bonds. The first kappa shape index (κ1) is 15.9. The lowest BCUT2D eigenvalue weighted by atomic mass is 9.89. The van der Waals surface area contributed by atoms with Gasteiger partial charge in [0.05, 0.1) is 0 Å². The van der Waals surface area contributed by atoms with Crippen LogP contribution in [0, 0.1) is 0 Å². The topological polar surface area (TPSA) is 46.6 Å². The third kappa shape index (κ3) is 2.42. The van der Waals surface area contributed by atoms with Gasteiger partial charge in [-0.25, -0.2) is 0 Å². The molecule has 2 aliphatic heterocycles. The van der Waals surface area contributed by atoms with Crippen LogP contribution < -0.4 is 0 Å². The molecule has 1 spiro atoms. The SMILES string of the molecule is CC(C)N1CCC2(CC1)CSC1=C(O2)c2ccccc2C(=O)C1=O. The number of ether oxygens (including phenoxy) is 1. The normalized spacial score (nSPS) is 23.3. The van der Waals surface area contributed by atoms with Crippen molar-refractivity contribution in [3.8, 4) is 0 Å². The molecule has 0 radical (unpaired) electrons. The maximum Gasteiger partial charge on any atom is 0.243 e. The second-order valence-corrected chi connectivity index (χ2v) is 8.05. The van der Waals surface area contributed by atoms with Gasteiger partial charge in [-0.2, -0.15) is 0 Å². The van der Waals surface area contributed by atoms with Crippen molar-refractivity contribution in [3.05, 3.63) is 40.3 Å². The van der Waals surface area contributed by atoms with Crippen molar-refractivity contribution in [3.63, 3.8) is 0 Å². The van der Waals surface area contributed by atoms with E-state index < -0.39 is 11.6 Å². The molecule has 0 aromatic heterocycles. The minimum atomic E-state index is -0.414. The zero-order valence-corrected chi connectivity index (χ0v) is 14.8. The first-order valence-corrected chi connectivity index (χ1v) is 9.48. The fourth-order valence-electron chi connectivity index (χ4n) is 3.71. The molecule has 3 aliphatic rings. The number of rotatable bonds is 1.